The highest BCUT2D eigenvalue weighted by atomic mass is 35.5. The summed E-state index contributed by atoms with van der Waals surface area (Å²) in [6.45, 7) is 3.66. The number of hydrogen-bond acceptors (Lipinski definition) is 4. The highest BCUT2D eigenvalue weighted by Gasteiger charge is 2.23. The van der Waals surface area contributed by atoms with E-state index in [9.17, 15) is 9.59 Å². The monoisotopic (exact) mass is 443 g/mol. The molecule has 1 aliphatic rings. The maximum absolute atomic E-state index is 12.7. The molecule has 0 aromatic heterocycles. The fourth-order valence-corrected chi connectivity index (χ4v) is 4.01. The van der Waals surface area contributed by atoms with Crippen LogP contribution in [0.25, 0.3) is 0 Å². The molecule has 31 heavy (non-hydrogen) atoms. The normalized spacial score (nSPS) is 15.5. The van der Waals surface area contributed by atoms with Crippen LogP contribution in [-0.4, -0.2) is 50.1 Å². The van der Waals surface area contributed by atoms with Crippen molar-refractivity contribution >= 4 is 34.8 Å². The van der Waals surface area contributed by atoms with E-state index in [-0.39, 0.29) is 17.9 Å². The molecule has 2 aromatic rings. The van der Waals surface area contributed by atoms with Gasteiger partial charge in [-0.15, -0.1) is 0 Å². The molecule has 0 bridgehead atoms. The Morgan fingerprint density at radius 1 is 1.19 bits per heavy atom. The Morgan fingerprint density at radius 2 is 1.97 bits per heavy atom. The Morgan fingerprint density at radius 3 is 2.61 bits per heavy atom. The lowest BCUT2D eigenvalue weighted by molar-refractivity contribution is -0.133. The van der Waals surface area contributed by atoms with E-state index in [1.165, 1.54) is 0 Å². The van der Waals surface area contributed by atoms with Gasteiger partial charge in [0.05, 0.1) is 16.7 Å². The van der Waals surface area contributed by atoms with Gasteiger partial charge in [-0.2, -0.15) is 0 Å². The molecule has 1 aliphatic heterocycles. The zero-order valence-corrected chi connectivity index (χ0v) is 19.1. The van der Waals surface area contributed by atoms with Gasteiger partial charge >= 0.3 is 0 Å². The minimum Gasteiger partial charge on any atom is -0.377 e. The van der Waals surface area contributed by atoms with Gasteiger partial charge in [-0.3, -0.25) is 9.59 Å². The van der Waals surface area contributed by atoms with Crippen molar-refractivity contribution in [3.05, 3.63) is 58.6 Å². The van der Waals surface area contributed by atoms with Crippen molar-refractivity contribution in [2.24, 2.45) is 0 Å². The van der Waals surface area contributed by atoms with E-state index in [0.717, 1.165) is 30.7 Å². The van der Waals surface area contributed by atoms with E-state index in [4.69, 9.17) is 16.3 Å². The molecule has 1 atom stereocenters. The predicted molar refractivity (Wildman–Crippen MR) is 125 cm³/mol. The second-order valence-electron chi connectivity index (χ2n) is 7.93. The number of hydrogen-bond donors (Lipinski definition) is 1. The van der Waals surface area contributed by atoms with Gasteiger partial charge in [0.2, 0.25) is 5.91 Å². The van der Waals surface area contributed by atoms with Crippen molar-refractivity contribution < 1.29 is 14.3 Å². The quantitative estimate of drug-likeness (QED) is 0.648. The van der Waals surface area contributed by atoms with E-state index >= 15 is 0 Å². The van der Waals surface area contributed by atoms with Crippen molar-refractivity contribution in [3.63, 3.8) is 0 Å². The molecule has 7 heteroatoms. The van der Waals surface area contributed by atoms with Gasteiger partial charge in [-0.1, -0.05) is 30.7 Å². The molecule has 0 unspecified atom stereocenters. The summed E-state index contributed by atoms with van der Waals surface area (Å²) in [5.74, 6) is -0.180. The van der Waals surface area contributed by atoms with Crippen molar-refractivity contribution in [1.82, 2.24) is 4.90 Å². The Bertz CT molecular complexity index is 926. The van der Waals surface area contributed by atoms with Crippen LogP contribution in [0.15, 0.2) is 42.5 Å². The first kappa shape index (κ1) is 23.1. The van der Waals surface area contributed by atoms with Crippen LogP contribution in [-0.2, 0) is 16.1 Å². The van der Waals surface area contributed by atoms with Crippen LogP contribution in [0.1, 0.15) is 42.1 Å². The first-order valence-corrected chi connectivity index (χ1v) is 11.0. The minimum atomic E-state index is -0.269. The van der Waals surface area contributed by atoms with Gasteiger partial charge in [0.15, 0.2) is 0 Å². The van der Waals surface area contributed by atoms with Crippen LogP contribution in [0.5, 0.6) is 0 Å². The first-order chi connectivity index (χ1) is 14.9. The molecule has 1 heterocycles. The standard InChI is InChI=1S/C24H30ClN3O3/c1-4-23(29)28(16-19-8-7-13-31-19)15-17-14-18(11-12-22(17)27(2)3)26-24(30)20-9-5-6-10-21(20)25/h5-6,9-12,14,19H,4,7-8,13,15-16H2,1-3H3,(H,26,30)/t19-/m1/s1. The van der Waals surface area contributed by atoms with Gasteiger partial charge < -0.3 is 19.9 Å². The summed E-state index contributed by atoms with van der Waals surface area (Å²) in [5.41, 5.74) is 3.04. The fourth-order valence-electron chi connectivity index (χ4n) is 3.79. The minimum absolute atomic E-state index is 0.0846. The fraction of sp³-hybridized carbons (Fsp3) is 0.417. The molecular formula is C24H30ClN3O3. The average Bonchev–Trinajstić information content (AvgIpc) is 3.26. The Labute approximate surface area is 189 Å². The Hall–Kier alpha value is -2.57. The van der Waals surface area contributed by atoms with Gasteiger partial charge in [0, 0.05) is 51.6 Å². The van der Waals surface area contributed by atoms with Gasteiger partial charge in [0.1, 0.15) is 0 Å². The smallest absolute Gasteiger partial charge is 0.257 e. The summed E-state index contributed by atoms with van der Waals surface area (Å²) >= 11 is 6.16. The summed E-state index contributed by atoms with van der Waals surface area (Å²) in [5, 5.41) is 3.33. The number of carbonyl (C=O) groups excluding carboxylic acids is 2. The number of amides is 2. The molecule has 166 valence electrons. The third-order valence-electron chi connectivity index (χ3n) is 5.40. The first-order valence-electron chi connectivity index (χ1n) is 10.6. The summed E-state index contributed by atoms with van der Waals surface area (Å²) in [4.78, 5) is 29.2. The SMILES string of the molecule is CCC(=O)N(Cc1cc(NC(=O)c2ccccc2Cl)ccc1N(C)C)C[C@H]1CCCO1. The van der Waals surface area contributed by atoms with E-state index < -0.39 is 0 Å². The molecule has 1 N–H and O–H groups in total. The summed E-state index contributed by atoms with van der Waals surface area (Å²) in [7, 11) is 3.93. The van der Waals surface area contributed by atoms with Crippen LogP contribution in [0.3, 0.4) is 0 Å². The van der Waals surface area contributed by atoms with E-state index in [2.05, 4.69) is 5.32 Å². The lowest BCUT2D eigenvalue weighted by Gasteiger charge is -2.28. The number of benzene rings is 2. The number of rotatable bonds is 8. The topological polar surface area (TPSA) is 61.9 Å². The van der Waals surface area contributed by atoms with Crippen LogP contribution in [0.2, 0.25) is 5.02 Å². The maximum Gasteiger partial charge on any atom is 0.257 e. The van der Waals surface area contributed by atoms with Crippen LogP contribution < -0.4 is 10.2 Å². The zero-order valence-electron chi connectivity index (χ0n) is 18.4. The lowest BCUT2D eigenvalue weighted by atomic mass is 10.1. The molecule has 0 radical (unpaired) electrons. The number of ether oxygens (including phenoxy) is 1. The number of halogens is 1. The molecule has 1 fully saturated rings. The van der Waals surface area contributed by atoms with Crippen molar-refractivity contribution in [2.45, 2.75) is 38.8 Å². The van der Waals surface area contributed by atoms with Gasteiger partial charge in [-0.25, -0.2) is 0 Å². The van der Waals surface area contributed by atoms with E-state index in [1.807, 2.05) is 49.0 Å². The zero-order chi connectivity index (χ0) is 22.4. The summed E-state index contributed by atoms with van der Waals surface area (Å²) in [6.07, 6.45) is 2.53. The molecule has 0 saturated carbocycles. The molecule has 2 amide bonds. The number of carbonyl (C=O) groups is 2. The van der Waals surface area contributed by atoms with Crippen LogP contribution in [0, 0.1) is 0 Å². The molecule has 2 aromatic carbocycles. The van der Waals surface area contributed by atoms with Crippen molar-refractivity contribution in [2.75, 3.05) is 37.5 Å². The Kier molecular flexibility index (Phi) is 7.93. The lowest BCUT2D eigenvalue weighted by Crippen LogP contribution is -2.36. The van der Waals surface area contributed by atoms with E-state index in [0.29, 0.717) is 35.8 Å². The largest absolute Gasteiger partial charge is 0.377 e. The second kappa shape index (κ2) is 10.6. The number of nitrogens with one attached hydrogen (secondary N) is 1. The van der Waals surface area contributed by atoms with Crippen molar-refractivity contribution in [3.8, 4) is 0 Å². The molecule has 3 rings (SSSR count). The maximum atomic E-state index is 12.7. The number of nitrogens with zero attached hydrogens (tertiary/aromatic N) is 2. The van der Waals surface area contributed by atoms with Gasteiger partial charge in [0.25, 0.3) is 5.91 Å². The second-order valence-corrected chi connectivity index (χ2v) is 8.34. The van der Waals surface area contributed by atoms with Crippen LogP contribution >= 0.6 is 11.6 Å². The molecular weight excluding hydrogens is 414 g/mol. The highest BCUT2D eigenvalue weighted by molar-refractivity contribution is 6.34. The van der Waals surface area contributed by atoms with E-state index in [1.54, 1.807) is 24.3 Å². The number of anilines is 2. The van der Waals surface area contributed by atoms with Gasteiger partial charge in [-0.05, 0) is 48.7 Å². The molecule has 0 aliphatic carbocycles. The van der Waals surface area contributed by atoms with Crippen LogP contribution in [0.4, 0.5) is 11.4 Å². The van der Waals surface area contributed by atoms with Crippen molar-refractivity contribution in [1.29, 1.82) is 0 Å². The third kappa shape index (κ3) is 5.99. The predicted octanol–water partition coefficient (Wildman–Crippen LogP) is 4.58. The highest BCUT2D eigenvalue weighted by Crippen LogP contribution is 2.26. The molecule has 0 spiro atoms. The molecule has 6 nitrogen and oxygen atoms in total. The Balaban J connectivity index is 1.84. The average molecular weight is 444 g/mol. The summed E-state index contributed by atoms with van der Waals surface area (Å²) in [6, 6.07) is 12.7. The molecule has 1 saturated heterocycles. The summed E-state index contributed by atoms with van der Waals surface area (Å²) < 4.78 is 5.76. The third-order valence-corrected chi connectivity index (χ3v) is 5.73.